The van der Waals surface area contributed by atoms with Crippen LogP contribution in [0.3, 0.4) is 0 Å². The number of nitrogens with one attached hydrogen (secondary N) is 1. The van der Waals surface area contributed by atoms with Crippen LogP contribution >= 0.6 is 0 Å². The van der Waals surface area contributed by atoms with Crippen LogP contribution in [0.1, 0.15) is 12.5 Å². The van der Waals surface area contributed by atoms with Gasteiger partial charge in [0.05, 0.1) is 0 Å². The molecule has 0 aromatic carbocycles. The molecule has 1 N–H and O–H groups in total. The fourth-order valence-corrected chi connectivity index (χ4v) is 2.28. The van der Waals surface area contributed by atoms with E-state index in [1.807, 2.05) is 0 Å². The predicted octanol–water partition coefficient (Wildman–Crippen LogP) is 0.216. The highest BCUT2D eigenvalue weighted by atomic mass is 16.5. The molecule has 3 heterocycles. The Kier molecular flexibility index (Phi) is 3.16. The molecule has 100 valence electrons. The van der Waals surface area contributed by atoms with Crippen molar-refractivity contribution in [3.05, 3.63) is 23.5 Å². The Morgan fingerprint density at radius 3 is 2.53 bits per heavy atom. The van der Waals surface area contributed by atoms with Crippen LogP contribution in [0.5, 0.6) is 0 Å². The summed E-state index contributed by atoms with van der Waals surface area (Å²) in [7, 11) is 0. The number of hydrogen-bond acceptors (Lipinski definition) is 6. The van der Waals surface area contributed by atoms with Gasteiger partial charge >= 0.3 is 5.97 Å². The van der Waals surface area contributed by atoms with Crippen molar-refractivity contribution < 1.29 is 9.53 Å². The standard InChI is InChI=1S/C13H16N4O2/c1-9-11(8-19-12(9)18)10-6-15-13(16-7-10)17-4-2-14-3-5-17/h6-7,14H,2-5,8H2,1H3. The monoisotopic (exact) mass is 260 g/mol. The molecular formula is C13H16N4O2. The number of anilines is 1. The van der Waals surface area contributed by atoms with Gasteiger partial charge in [-0.3, -0.25) is 0 Å². The molecule has 1 aromatic heterocycles. The minimum atomic E-state index is -0.249. The van der Waals surface area contributed by atoms with Crippen molar-refractivity contribution >= 4 is 17.5 Å². The lowest BCUT2D eigenvalue weighted by molar-refractivity contribution is -0.135. The number of hydrogen-bond donors (Lipinski definition) is 1. The van der Waals surface area contributed by atoms with Gasteiger partial charge in [0.1, 0.15) is 6.61 Å². The van der Waals surface area contributed by atoms with E-state index in [4.69, 9.17) is 4.74 Å². The maximum absolute atomic E-state index is 11.3. The van der Waals surface area contributed by atoms with E-state index in [1.165, 1.54) is 0 Å². The summed E-state index contributed by atoms with van der Waals surface area (Å²) in [5.41, 5.74) is 2.40. The average Bonchev–Trinajstić information content (AvgIpc) is 2.80. The third kappa shape index (κ3) is 2.31. The molecule has 0 atom stereocenters. The number of ether oxygens (including phenoxy) is 1. The molecule has 2 aliphatic rings. The van der Waals surface area contributed by atoms with Crippen molar-refractivity contribution in [3.8, 4) is 0 Å². The van der Waals surface area contributed by atoms with Crippen molar-refractivity contribution in [2.75, 3.05) is 37.7 Å². The van der Waals surface area contributed by atoms with E-state index in [9.17, 15) is 4.79 Å². The van der Waals surface area contributed by atoms with Gasteiger partial charge in [-0.25, -0.2) is 14.8 Å². The lowest BCUT2D eigenvalue weighted by Gasteiger charge is -2.27. The smallest absolute Gasteiger partial charge is 0.334 e. The fourth-order valence-electron chi connectivity index (χ4n) is 2.28. The van der Waals surface area contributed by atoms with Crippen LogP contribution in [0.2, 0.25) is 0 Å². The molecule has 1 fully saturated rings. The van der Waals surface area contributed by atoms with E-state index in [2.05, 4.69) is 20.2 Å². The van der Waals surface area contributed by atoms with E-state index >= 15 is 0 Å². The zero-order valence-electron chi connectivity index (χ0n) is 10.8. The largest absolute Gasteiger partial charge is 0.457 e. The number of cyclic esters (lactones) is 1. The van der Waals surface area contributed by atoms with Gasteiger partial charge in [-0.05, 0) is 6.92 Å². The van der Waals surface area contributed by atoms with Gasteiger partial charge in [0.2, 0.25) is 5.95 Å². The summed E-state index contributed by atoms with van der Waals surface area (Å²) in [5, 5.41) is 3.29. The van der Waals surface area contributed by atoms with Crippen LogP contribution in [0.15, 0.2) is 18.0 Å². The first kappa shape index (κ1) is 12.1. The zero-order chi connectivity index (χ0) is 13.2. The van der Waals surface area contributed by atoms with E-state index < -0.39 is 0 Å². The highest BCUT2D eigenvalue weighted by molar-refractivity contribution is 6.01. The maximum atomic E-state index is 11.3. The quantitative estimate of drug-likeness (QED) is 0.767. The number of piperazine rings is 1. The van der Waals surface area contributed by atoms with Crippen LogP contribution in [0.25, 0.3) is 5.57 Å². The van der Waals surface area contributed by atoms with E-state index in [0.717, 1.165) is 43.3 Å². The second kappa shape index (κ2) is 4.97. The SMILES string of the molecule is CC1=C(c2cnc(N3CCNCC3)nc2)COC1=O. The highest BCUT2D eigenvalue weighted by Crippen LogP contribution is 2.25. The summed E-state index contributed by atoms with van der Waals surface area (Å²) in [6.07, 6.45) is 3.54. The minimum absolute atomic E-state index is 0.249. The van der Waals surface area contributed by atoms with Crippen LogP contribution in [-0.2, 0) is 9.53 Å². The van der Waals surface area contributed by atoms with Gasteiger partial charge in [0, 0.05) is 55.3 Å². The summed E-state index contributed by atoms with van der Waals surface area (Å²) in [6, 6.07) is 0. The Morgan fingerprint density at radius 2 is 1.95 bits per heavy atom. The number of carbonyl (C=O) groups is 1. The van der Waals surface area contributed by atoms with Crippen molar-refractivity contribution in [3.63, 3.8) is 0 Å². The summed E-state index contributed by atoms with van der Waals surface area (Å²) in [4.78, 5) is 22.3. The van der Waals surface area contributed by atoms with Crippen molar-refractivity contribution in [2.24, 2.45) is 0 Å². The van der Waals surface area contributed by atoms with Gasteiger partial charge in [0.25, 0.3) is 0 Å². The van der Waals surface area contributed by atoms with Crippen molar-refractivity contribution in [1.29, 1.82) is 0 Å². The highest BCUT2D eigenvalue weighted by Gasteiger charge is 2.22. The van der Waals surface area contributed by atoms with Gasteiger partial charge < -0.3 is 15.0 Å². The molecule has 0 saturated carbocycles. The first-order valence-corrected chi connectivity index (χ1v) is 6.40. The van der Waals surface area contributed by atoms with Gasteiger partial charge in [-0.15, -0.1) is 0 Å². The fraction of sp³-hybridized carbons (Fsp3) is 0.462. The Labute approximate surface area is 111 Å². The van der Waals surface area contributed by atoms with Crippen LogP contribution < -0.4 is 10.2 Å². The van der Waals surface area contributed by atoms with Gasteiger partial charge in [-0.2, -0.15) is 0 Å². The zero-order valence-corrected chi connectivity index (χ0v) is 10.8. The molecular weight excluding hydrogens is 244 g/mol. The predicted molar refractivity (Wildman–Crippen MR) is 70.7 cm³/mol. The first-order valence-electron chi connectivity index (χ1n) is 6.40. The van der Waals surface area contributed by atoms with Crippen molar-refractivity contribution in [1.82, 2.24) is 15.3 Å². The van der Waals surface area contributed by atoms with Crippen LogP contribution in [-0.4, -0.2) is 48.7 Å². The summed E-state index contributed by atoms with van der Waals surface area (Å²) in [5.74, 6) is 0.495. The molecule has 0 bridgehead atoms. The number of rotatable bonds is 2. The maximum Gasteiger partial charge on any atom is 0.334 e. The Hall–Kier alpha value is -1.95. The molecule has 6 nitrogen and oxygen atoms in total. The second-order valence-electron chi connectivity index (χ2n) is 4.69. The molecule has 0 radical (unpaired) electrons. The number of nitrogens with zero attached hydrogens (tertiary/aromatic N) is 3. The first-order chi connectivity index (χ1) is 9.25. The molecule has 6 heteroatoms. The molecule has 0 spiro atoms. The lowest BCUT2D eigenvalue weighted by Crippen LogP contribution is -2.44. The molecule has 2 aliphatic heterocycles. The topological polar surface area (TPSA) is 67.3 Å². The Morgan fingerprint density at radius 1 is 1.26 bits per heavy atom. The van der Waals surface area contributed by atoms with Crippen LogP contribution in [0, 0.1) is 0 Å². The number of aromatic nitrogens is 2. The van der Waals surface area contributed by atoms with Crippen LogP contribution in [0.4, 0.5) is 5.95 Å². The summed E-state index contributed by atoms with van der Waals surface area (Å²) in [6.45, 7) is 5.84. The molecule has 3 rings (SSSR count). The van der Waals surface area contributed by atoms with E-state index in [0.29, 0.717) is 12.2 Å². The van der Waals surface area contributed by atoms with Crippen molar-refractivity contribution in [2.45, 2.75) is 6.92 Å². The second-order valence-corrected chi connectivity index (χ2v) is 4.69. The van der Waals surface area contributed by atoms with Gasteiger partial charge in [-0.1, -0.05) is 0 Å². The lowest BCUT2D eigenvalue weighted by atomic mass is 10.1. The van der Waals surface area contributed by atoms with Gasteiger partial charge in [0.15, 0.2) is 0 Å². The molecule has 1 saturated heterocycles. The Balaban J connectivity index is 1.81. The number of carbonyl (C=O) groups excluding carboxylic acids is 1. The number of esters is 1. The third-order valence-electron chi connectivity index (χ3n) is 3.49. The minimum Gasteiger partial charge on any atom is -0.457 e. The average molecular weight is 260 g/mol. The Bertz CT molecular complexity index is 518. The van der Waals surface area contributed by atoms with E-state index in [-0.39, 0.29) is 5.97 Å². The van der Waals surface area contributed by atoms with E-state index in [1.54, 1.807) is 19.3 Å². The molecule has 1 aromatic rings. The molecule has 0 unspecified atom stereocenters. The molecule has 19 heavy (non-hydrogen) atoms. The normalized spacial score (nSPS) is 19.8. The molecule has 0 aliphatic carbocycles. The molecule has 0 amide bonds. The third-order valence-corrected chi connectivity index (χ3v) is 3.49. The summed E-state index contributed by atoms with van der Waals surface area (Å²) >= 11 is 0. The summed E-state index contributed by atoms with van der Waals surface area (Å²) < 4.78 is 4.99.